The SMILES string of the molecule is CCCN(Cc1cc(Cl)ccc1[N+](=O)[O-])C1CCNCC1. The number of nitro benzene ring substituents is 1. The molecule has 1 heterocycles. The molecule has 1 aromatic rings. The normalized spacial score (nSPS) is 16.3. The maximum atomic E-state index is 11.2. The summed E-state index contributed by atoms with van der Waals surface area (Å²) < 4.78 is 0. The van der Waals surface area contributed by atoms with E-state index in [1.807, 2.05) is 0 Å². The van der Waals surface area contributed by atoms with Crippen LogP contribution in [0.4, 0.5) is 5.69 Å². The third-order valence-corrected chi connectivity index (χ3v) is 4.18. The number of rotatable bonds is 6. The third kappa shape index (κ3) is 4.40. The molecule has 1 aliphatic heterocycles. The average molecular weight is 312 g/mol. The molecule has 0 amide bonds. The van der Waals surface area contributed by atoms with Crippen LogP contribution in [-0.2, 0) is 6.54 Å². The molecule has 21 heavy (non-hydrogen) atoms. The molecule has 0 unspecified atom stereocenters. The Labute approximate surface area is 130 Å². The fraction of sp³-hybridized carbons (Fsp3) is 0.600. The van der Waals surface area contributed by atoms with Crippen LogP contribution < -0.4 is 5.32 Å². The summed E-state index contributed by atoms with van der Waals surface area (Å²) in [5, 5.41) is 15.1. The standard InChI is InChI=1S/C15H22ClN3O2/c1-2-9-18(14-5-7-17-8-6-14)11-12-10-13(16)3-4-15(12)19(20)21/h3-4,10,14,17H,2,5-9,11H2,1H3. The van der Waals surface area contributed by atoms with E-state index in [0.29, 0.717) is 23.2 Å². The van der Waals surface area contributed by atoms with Crippen LogP contribution in [-0.4, -0.2) is 35.5 Å². The van der Waals surface area contributed by atoms with E-state index in [0.717, 1.165) is 38.9 Å². The molecule has 0 aliphatic carbocycles. The topological polar surface area (TPSA) is 58.4 Å². The van der Waals surface area contributed by atoms with Crippen LogP contribution >= 0.6 is 11.6 Å². The van der Waals surface area contributed by atoms with Gasteiger partial charge in [0, 0.05) is 29.2 Å². The van der Waals surface area contributed by atoms with E-state index in [9.17, 15) is 10.1 Å². The van der Waals surface area contributed by atoms with Crippen molar-refractivity contribution in [3.05, 3.63) is 38.9 Å². The Hall–Kier alpha value is -1.17. The first-order valence-corrected chi connectivity index (χ1v) is 7.87. The van der Waals surface area contributed by atoms with Gasteiger partial charge >= 0.3 is 0 Å². The van der Waals surface area contributed by atoms with Crippen LogP contribution in [0.5, 0.6) is 0 Å². The molecule has 116 valence electrons. The van der Waals surface area contributed by atoms with Gasteiger partial charge in [-0.3, -0.25) is 15.0 Å². The number of nitro groups is 1. The molecule has 0 aromatic heterocycles. The molecule has 2 rings (SSSR count). The molecule has 1 fully saturated rings. The Morgan fingerprint density at radius 1 is 1.43 bits per heavy atom. The summed E-state index contributed by atoms with van der Waals surface area (Å²) in [7, 11) is 0. The van der Waals surface area contributed by atoms with Crippen LogP contribution in [0.1, 0.15) is 31.7 Å². The van der Waals surface area contributed by atoms with Gasteiger partial charge in [-0.2, -0.15) is 0 Å². The molecule has 1 saturated heterocycles. The van der Waals surface area contributed by atoms with Crippen LogP contribution in [0.15, 0.2) is 18.2 Å². The number of nitrogens with zero attached hydrogens (tertiary/aromatic N) is 2. The summed E-state index contributed by atoms with van der Waals surface area (Å²) in [6.45, 7) is 5.72. The zero-order valence-corrected chi connectivity index (χ0v) is 13.1. The van der Waals surface area contributed by atoms with E-state index in [-0.39, 0.29) is 10.6 Å². The summed E-state index contributed by atoms with van der Waals surface area (Å²) in [6.07, 6.45) is 3.22. The van der Waals surface area contributed by atoms with Gasteiger partial charge < -0.3 is 5.32 Å². The number of benzene rings is 1. The first-order valence-electron chi connectivity index (χ1n) is 7.49. The smallest absolute Gasteiger partial charge is 0.273 e. The summed E-state index contributed by atoms with van der Waals surface area (Å²) in [5.74, 6) is 0. The Morgan fingerprint density at radius 3 is 2.76 bits per heavy atom. The van der Waals surface area contributed by atoms with Gasteiger partial charge in [-0.25, -0.2) is 0 Å². The van der Waals surface area contributed by atoms with Gasteiger partial charge in [0.05, 0.1) is 4.92 Å². The van der Waals surface area contributed by atoms with Gasteiger partial charge in [0.2, 0.25) is 0 Å². The van der Waals surface area contributed by atoms with Crippen LogP contribution in [0, 0.1) is 10.1 Å². The minimum Gasteiger partial charge on any atom is -0.317 e. The molecule has 1 aromatic carbocycles. The van der Waals surface area contributed by atoms with Crippen LogP contribution in [0.25, 0.3) is 0 Å². The fourth-order valence-corrected chi connectivity index (χ4v) is 3.12. The van der Waals surface area contributed by atoms with E-state index in [1.54, 1.807) is 12.1 Å². The van der Waals surface area contributed by atoms with Crippen LogP contribution in [0.3, 0.4) is 0 Å². The van der Waals surface area contributed by atoms with Crippen molar-refractivity contribution in [3.63, 3.8) is 0 Å². The van der Waals surface area contributed by atoms with Crippen molar-refractivity contribution in [3.8, 4) is 0 Å². The molecular formula is C15H22ClN3O2. The van der Waals surface area contributed by atoms with E-state index in [4.69, 9.17) is 11.6 Å². The lowest BCUT2D eigenvalue weighted by atomic mass is 10.0. The minimum atomic E-state index is -0.321. The second-order valence-electron chi connectivity index (χ2n) is 5.48. The van der Waals surface area contributed by atoms with Crippen molar-refractivity contribution >= 4 is 17.3 Å². The van der Waals surface area contributed by atoms with E-state index in [2.05, 4.69) is 17.1 Å². The van der Waals surface area contributed by atoms with Crippen molar-refractivity contribution in [2.24, 2.45) is 0 Å². The van der Waals surface area contributed by atoms with Crippen molar-refractivity contribution in [2.45, 2.75) is 38.8 Å². The molecule has 0 atom stereocenters. The predicted octanol–water partition coefficient (Wildman–Crippen LogP) is 3.21. The zero-order chi connectivity index (χ0) is 15.2. The van der Waals surface area contributed by atoms with Crippen molar-refractivity contribution in [1.29, 1.82) is 0 Å². The Balaban J connectivity index is 2.19. The molecule has 1 N–H and O–H groups in total. The fourth-order valence-electron chi connectivity index (χ4n) is 2.93. The second-order valence-corrected chi connectivity index (χ2v) is 5.92. The molecule has 0 spiro atoms. The van der Waals surface area contributed by atoms with Crippen molar-refractivity contribution in [1.82, 2.24) is 10.2 Å². The second kappa shape index (κ2) is 7.73. The molecule has 1 aliphatic rings. The number of piperidine rings is 1. The highest BCUT2D eigenvalue weighted by Gasteiger charge is 2.23. The summed E-state index contributed by atoms with van der Waals surface area (Å²) in [4.78, 5) is 13.2. The third-order valence-electron chi connectivity index (χ3n) is 3.95. The Morgan fingerprint density at radius 2 is 2.14 bits per heavy atom. The molecular weight excluding hydrogens is 290 g/mol. The average Bonchev–Trinajstić information content (AvgIpc) is 2.47. The predicted molar refractivity (Wildman–Crippen MR) is 84.7 cm³/mol. The van der Waals surface area contributed by atoms with E-state index in [1.165, 1.54) is 6.07 Å². The molecule has 0 saturated carbocycles. The minimum absolute atomic E-state index is 0.162. The Kier molecular flexibility index (Phi) is 5.96. The molecule has 5 nitrogen and oxygen atoms in total. The number of nitrogens with one attached hydrogen (secondary N) is 1. The Bertz CT molecular complexity index is 490. The van der Waals surface area contributed by atoms with Gasteiger partial charge in [0.25, 0.3) is 5.69 Å². The van der Waals surface area contributed by atoms with Gasteiger partial charge in [-0.15, -0.1) is 0 Å². The van der Waals surface area contributed by atoms with Gasteiger partial charge in [0.1, 0.15) is 0 Å². The molecule has 0 bridgehead atoms. The molecule has 6 heteroatoms. The molecule has 0 radical (unpaired) electrons. The lowest BCUT2D eigenvalue weighted by Gasteiger charge is -2.34. The number of halogens is 1. The first kappa shape index (κ1) is 16.2. The summed E-state index contributed by atoms with van der Waals surface area (Å²) >= 11 is 6.02. The van der Waals surface area contributed by atoms with E-state index < -0.39 is 0 Å². The highest BCUT2D eigenvalue weighted by atomic mass is 35.5. The van der Waals surface area contributed by atoms with Gasteiger partial charge in [-0.05, 0) is 51.0 Å². The monoisotopic (exact) mass is 311 g/mol. The van der Waals surface area contributed by atoms with Crippen molar-refractivity contribution in [2.75, 3.05) is 19.6 Å². The highest BCUT2D eigenvalue weighted by Crippen LogP contribution is 2.26. The lowest BCUT2D eigenvalue weighted by molar-refractivity contribution is -0.385. The van der Waals surface area contributed by atoms with E-state index >= 15 is 0 Å². The van der Waals surface area contributed by atoms with Crippen LogP contribution in [0.2, 0.25) is 5.02 Å². The summed E-state index contributed by atoms with van der Waals surface area (Å²) in [6, 6.07) is 5.30. The maximum absolute atomic E-state index is 11.2. The summed E-state index contributed by atoms with van der Waals surface area (Å²) in [5.41, 5.74) is 0.869. The van der Waals surface area contributed by atoms with Gasteiger partial charge in [0.15, 0.2) is 0 Å². The quantitative estimate of drug-likeness (QED) is 0.647. The largest absolute Gasteiger partial charge is 0.317 e. The number of hydrogen-bond acceptors (Lipinski definition) is 4. The highest BCUT2D eigenvalue weighted by molar-refractivity contribution is 6.30. The lowest BCUT2D eigenvalue weighted by Crippen LogP contribution is -2.43. The maximum Gasteiger partial charge on any atom is 0.273 e. The first-order chi connectivity index (χ1) is 10.1. The zero-order valence-electron chi connectivity index (χ0n) is 12.3. The van der Waals surface area contributed by atoms with Crippen molar-refractivity contribution < 1.29 is 4.92 Å². The number of hydrogen-bond donors (Lipinski definition) is 1. The van der Waals surface area contributed by atoms with Gasteiger partial charge in [-0.1, -0.05) is 18.5 Å².